The molecule has 0 aromatic rings. The SMILES string of the molecule is CN(C)C.C[N+](C)(C)CCOP=O. The minimum absolute atomic E-state index is 0.217. The average molecular weight is 209 g/mol. The van der Waals surface area contributed by atoms with E-state index in [-0.39, 0.29) is 8.69 Å². The van der Waals surface area contributed by atoms with E-state index in [9.17, 15) is 4.57 Å². The number of nitrogens with zero attached hydrogens (tertiary/aromatic N) is 2. The van der Waals surface area contributed by atoms with Crippen LogP contribution in [0.4, 0.5) is 0 Å². The summed E-state index contributed by atoms with van der Waals surface area (Å²) in [4.78, 5) is 2.00. The Balaban J connectivity index is 0. The summed E-state index contributed by atoms with van der Waals surface area (Å²) in [6.45, 7) is 1.43. The molecule has 0 rings (SSSR count). The Hall–Kier alpha value is -0.0200. The molecule has 13 heavy (non-hydrogen) atoms. The Bertz CT molecular complexity index is 121. The summed E-state index contributed by atoms with van der Waals surface area (Å²) in [6, 6.07) is 0. The molecule has 0 bridgehead atoms. The lowest BCUT2D eigenvalue weighted by molar-refractivity contribution is -0.870. The highest BCUT2D eigenvalue weighted by Gasteiger charge is 2.04. The van der Waals surface area contributed by atoms with Crippen LogP contribution in [0.5, 0.6) is 0 Å². The van der Waals surface area contributed by atoms with Gasteiger partial charge in [-0.05, 0) is 21.1 Å². The molecule has 0 aliphatic carbocycles. The van der Waals surface area contributed by atoms with Gasteiger partial charge in [-0.2, -0.15) is 0 Å². The summed E-state index contributed by atoms with van der Waals surface area (Å²) in [7, 11) is 12.0. The summed E-state index contributed by atoms with van der Waals surface area (Å²) >= 11 is 0. The minimum Gasteiger partial charge on any atom is -0.329 e. The van der Waals surface area contributed by atoms with Gasteiger partial charge in [-0.15, -0.1) is 0 Å². The molecule has 0 aliphatic rings. The Kier molecular flexibility index (Phi) is 10.2. The first-order chi connectivity index (χ1) is 5.79. The largest absolute Gasteiger partial charge is 0.329 e. The number of likely N-dealkylation sites (N-methyl/N-ethyl adjacent to an activating group) is 1. The van der Waals surface area contributed by atoms with Crippen LogP contribution < -0.4 is 0 Å². The Morgan fingerprint density at radius 2 is 1.62 bits per heavy atom. The molecule has 0 heterocycles. The van der Waals surface area contributed by atoms with Crippen LogP contribution >= 0.6 is 8.69 Å². The zero-order chi connectivity index (χ0) is 10.9. The molecule has 0 atom stereocenters. The molecule has 0 fully saturated rings. The van der Waals surface area contributed by atoms with E-state index in [0.29, 0.717) is 6.61 Å². The molecule has 0 aromatic carbocycles. The van der Waals surface area contributed by atoms with E-state index in [1.54, 1.807) is 0 Å². The predicted molar refractivity (Wildman–Crippen MR) is 56.1 cm³/mol. The molecule has 0 unspecified atom stereocenters. The Labute approximate surface area is 83.3 Å². The van der Waals surface area contributed by atoms with Gasteiger partial charge in [0, 0.05) is 0 Å². The van der Waals surface area contributed by atoms with E-state index in [1.165, 1.54) is 0 Å². The monoisotopic (exact) mass is 209 g/mol. The molecule has 0 amide bonds. The van der Waals surface area contributed by atoms with Crippen molar-refractivity contribution in [1.29, 1.82) is 0 Å². The van der Waals surface area contributed by atoms with Gasteiger partial charge >= 0.3 is 8.69 Å². The molecule has 0 saturated heterocycles. The van der Waals surface area contributed by atoms with E-state index in [1.807, 2.05) is 26.0 Å². The lowest BCUT2D eigenvalue weighted by Gasteiger charge is -2.22. The lowest BCUT2D eigenvalue weighted by Crippen LogP contribution is -2.37. The van der Waals surface area contributed by atoms with Crippen molar-refractivity contribution in [2.24, 2.45) is 0 Å². The van der Waals surface area contributed by atoms with Crippen LogP contribution in [0.1, 0.15) is 0 Å². The van der Waals surface area contributed by atoms with Gasteiger partial charge in [-0.25, -0.2) is 4.57 Å². The van der Waals surface area contributed by atoms with Gasteiger partial charge < -0.3 is 9.38 Å². The van der Waals surface area contributed by atoms with Crippen LogP contribution in [0.15, 0.2) is 0 Å². The number of quaternary nitrogens is 1. The smallest absolute Gasteiger partial charge is 0.327 e. The van der Waals surface area contributed by atoms with E-state index in [2.05, 4.69) is 25.7 Å². The second-order valence-electron chi connectivity index (χ2n) is 4.26. The van der Waals surface area contributed by atoms with E-state index < -0.39 is 0 Å². The van der Waals surface area contributed by atoms with Crippen molar-refractivity contribution >= 4 is 8.69 Å². The summed E-state index contributed by atoms with van der Waals surface area (Å²) in [5.74, 6) is 0. The first-order valence-electron chi connectivity index (χ1n) is 4.15. The third-order valence-electron chi connectivity index (χ3n) is 0.906. The molecular weight excluding hydrogens is 187 g/mol. The molecular formula is C8H22N2O2P+. The molecule has 0 spiro atoms. The fourth-order valence-electron chi connectivity index (χ4n) is 0.352. The molecule has 4 nitrogen and oxygen atoms in total. The number of hydrogen-bond acceptors (Lipinski definition) is 3. The van der Waals surface area contributed by atoms with E-state index in [4.69, 9.17) is 0 Å². The molecule has 5 heteroatoms. The van der Waals surface area contributed by atoms with Gasteiger partial charge in [0.1, 0.15) is 13.2 Å². The van der Waals surface area contributed by atoms with Crippen molar-refractivity contribution in [3.8, 4) is 0 Å². The van der Waals surface area contributed by atoms with E-state index in [0.717, 1.165) is 11.0 Å². The van der Waals surface area contributed by atoms with Crippen LogP contribution in [0.25, 0.3) is 0 Å². The van der Waals surface area contributed by atoms with Gasteiger partial charge in [-0.1, -0.05) is 0 Å². The van der Waals surface area contributed by atoms with Crippen LogP contribution in [0.2, 0.25) is 0 Å². The summed E-state index contributed by atoms with van der Waals surface area (Å²) in [5, 5.41) is 0. The second kappa shape index (κ2) is 8.57. The summed E-state index contributed by atoms with van der Waals surface area (Å²) < 4.78 is 15.2. The van der Waals surface area contributed by atoms with Crippen molar-refractivity contribution in [3.63, 3.8) is 0 Å². The summed E-state index contributed by atoms with van der Waals surface area (Å²) in [6.07, 6.45) is 0. The standard InChI is InChI=1S/C5H13NO2P.C3H9N/c1-6(2,3)4-5-8-9-7;1-4(2)3/h4-5H2,1-3H3;1-3H3/q+1;. The van der Waals surface area contributed by atoms with Crippen LogP contribution in [0, 0.1) is 0 Å². The third kappa shape index (κ3) is 33.4. The zero-order valence-corrected chi connectivity index (χ0v) is 10.5. The minimum atomic E-state index is -0.217. The molecule has 0 saturated carbocycles. The second-order valence-corrected chi connectivity index (χ2v) is 4.67. The maximum absolute atomic E-state index is 9.76. The number of hydrogen-bond donors (Lipinski definition) is 0. The van der Waals surface area contributed by atoms with Crippen molar-refractivity contribution < 1.29 is 13.6 Å². The Morgan fingerprint density at radius 3 is 1.85 bits per heavy atom. The van der Waals surface area contributed by atoms with Gasteiger partial charge in [0.15, 0.2) is 0 Å². The van der Waals surface area contributed by atoms with Crippen LogP contribution in [0.3, 0.4) is 0 Å². The first kappa shape index (κ1) is 15.5. The molecule has 0 aliphatic heterocycles. The highest BCUT2D eigenvalue weighted by atomic mass is 31.1. The topological polar surface area (TPSA) is 29.5 Å². The van der Waals surface area contributed by atoms with Gasteiger partial charge in [-0.3, -0.25) is 4.52 Å². The fourth-order valence-corrected chi connectivity index (χ4v) is 0.508. The normalized spacial score (nSPS) is 11.3. The highest BCUT2D eigenvalue weighted by Crippen LogP contribution is 1.96. The van der Waals surface area contributed by atoms with Gasteiger partial charge in [0.05, 0.1) is 21.1 Å². The van der Waals surface area contributed by atoms with Gasteiger partial charge in [0.25, 0.3) is 0 Å². The van der Waals surface area contributed by atoms with E-state index >= 15 is 0 Å². The Morgan fingerprint density at radius 1 is 1.23 bits per heavy atom. The van der Waals surface area contributed by atoms with Gasteiger partial charge in [0.2, 0.25) is 0 Å². The average Bonchev–Trinajstić information content (AvgIpc) is 1.83. The van der Waals surface area contributed by atoms with Crippen LogP contribution in [-0.2, 0) is 9.09 Å². The maximum atomic E-state index is 9.76. The van der Waals surface area contributed by atoms with Crippen molar-refractivity contribution in [3.05, 3.63) is 0 Å². The molecule has 80 valence electrons. The van der Waals surface area contributed by atoms with Crippen molar-refractivity contribution in [2.45, 2.75) is 0 Å². The summed E-state index contributed by atoms with van der Waals surface area (Å²) in [5.41, 5.74) is 0. The quantitative estimate of drug-likeness (QED) is 0.394. The molecule has 0 radical (unpaired) electrons. The highest BCUT2D eigenvalue weighted by molar-refractivity contribution is 7.17. The molecule has 0 aromatic heterocycles. The van der Waals surface area contributed by atoms with Crippen LogP contribution in [-0.4, -0.2) is 64.8 Å². The maximum Gasteiger partial charge on any atom is 0.327 e. The lowest BCUT2D eigenvalue weighted by atomic mass is 10.5. The van der Waals surface area contributed by atoms with Crippen molar-refractivity contribution in [1.82, 2.24) is 4.90 Å². The number of rotatable bonds is 4. The fraction of sp³-hybridized carbons (Fsp3) is 1.00. The third-order valence-corrected chi connectivity index (χ3v) is 1.19. The molecule has 0 N–H and O–H groups in total. The zero-order valence-electron chi connectivity index (χ0n) is 9.57. The first-order valence-corrected chi connectivity index (χ1v) is 4.88. The van der Waals surface area contributed by atoms with Crippen molar-refractivity contribution in [2.75, 3.05) is 55.4 Å². The predicted octanol–water partition coefficient (Wildman–Crippen LogP) is 1.09.